The molecule has 0 amide bonds. The van der Waals surface area contributed by atoms with Crippen LogP contribution in [0.5, 0.6) is 5.75 Å². The van der Waals surface area contributed by atoms with Crippen molar-refractivity contribution in [3.05, 3.63) is 42.0 Å². The summed E-state index contributed by atoms with van der Waals surface area (Å²) in [4.78, 5) is 4.36. The van der Waals surface area contributed by atoms with E-state index in [1.165, 1.54) is 0 Å². The molecule has 1 saturated heterocycles. The molecule has 1 fully saturated rings. The highest BCUT2D eigenvalue weighted by molar-refractivity contribution is 5.20. The van der Waals surface area contributed by atoms with Gasteiger partial charge in [0.25, 0.3) is 0 Å². The number of nitrogens with one attached hydrogen (secondary N) is 1. The fourth-order valence-corrected chi connectivity index (χ4v) is 2.01. The van der Waals surface area contributed by atoms with Crippen molar-refractivity contribution in [3.63, 3.8) is 0 Å². The summed E-state index contributed by atoms with van der Waals surface area (Å²) >= 11 is 0. The van der Waals surface area contributed by atoms with Crippen molar-refractivity contribution < 1.29 is 14.0 Å². The van der Waals surface area contributed by atoms with Crippen molar-refractivity contribution in [3.8, 4) is 5.75 Å². The van der Waals surface area contributed by atoms with Gasteiger partial charge in [0.15, 0.2) is 5.82 Å². The minimum Gasteiger partial charge on any atom is -0.493 e. The van der Waals surface area contributed by atoms with Crippen molar-refractivity contribution in [2.45, 2.75) is 12.5 Å². The molecule has 0 bridgehead atoms. The van der Waals surface area contributed by atoms with Crippen LogP contribution in [0.15, 0.2) is 34.9 Å². The predicted molar refractivity (Wildman–Crippen MR) is 71.5 cm³/mol. The Morgan fingerprint density at radius 3 is 3.00 bits per heavy atom. The Morgan fingerprint density at radius 1 is 1.30 bits per heavy atom. The van der Waals surface area contributed by atoms with Crippen LogP contribution in [0.2, 0.25) is 0 Å². The summed E-state index contributed by atoms with van der Waals surface area (Å²) < 4.78 is 16.2. The molecule has 0 radical (unpaired) electrons. The summed E-state index contributed by atoms with van der Waals surface area (Å²) in [7, 11) is 0. The topological polar surface area (TPSA) is 69.4 Å². The molecular formula is C14H17N3O3. The highest BCUT2D eigenvalue weighted by atomic mass is 16.5. The van der Waals surface area contributed by atoms with Crippen LogP contribution in [0.4, 0.5) is 0 Å². The van der Waals surface area contributed by atoms with Gasteiger partial charge in [0.05, 0.1) is 19.8 Å². The van der Waals surface area contributed by atoms with Gasteiger partial charge in [0, 0.05) is 13.0 Å². The Balaban J connectivity index is 1.50. The summed E-state index contributed by atoms with van der Waals surface area (Å²) in [6, 6.07) is 9.68. The largest absolute Gasteiger partial charge is 0.493 e. The Bertz CT molecular complexity index is 523. The van der Waals surface area contributed by atoms with Crippen LogP contribution in [0, 0.1) is 0 Å². The lowest BCUT2D eigenvalue weighted by atomic mass is 10.3. The molecule has 0 spiro atoms. The first-order chi connectivity index (χ1) is 9.92. The van der Waals surface area contributed by atoms with E-state index in [-0.39, 0.29) is 6.04 Å². The van der Waals surface area contributed by atoms with Crippen LogP contribution < -0.4 is 10.1 Å². The van der Waals surface area contributed by atoms with Gasteiger partial charge in [-0.05, 0) is 12.1 Å². The summed E-state index contributed by atoms with van der Waals surface area (Å²) in [6.07, 6.45) is 0.617. The SMILES string of the molecule is c1ccc(OCCc2noc(C3COCCN3)n2)cc1. The Kier molecular flexibility index (Phi) is 4.25. The standard InChI is InChI=1S/C14H17N3O3/c1-2-4-11(5-3-1)19-8-6-13-16-14(20-17-13)12-10-18-9-7-15-12/h1-5,12,15H,6-10H2. The van der Waals surface area contributed by atoms with Gasteiger partial charge in [-0.3, -0.25) is 0 Å². The number of benzene rings is 1. The lowest BCUT2D eigenvalue weighted by Crippen LogP contribution is -2.34. The van der Waals surface area contributed by atoms with Crippen molar-refractivity contribution in [1.82, 2.24) is 15.5 Å². The van der Waals surface area contributed by atoms with E-state index in [0.717, 1.165) is 18.9 Å². The molecule has 0 aliphatic carbocycles. The summed E-state index contributed by atoms with van der Waals surface area (Å²) in [5, 5.41) is 7.24. The first-order valence-electron chi connectivity index (χ1n) is 6.73. The van der Waals surface area contributed by atoms with Crippen LogP contribution in [0.25, 0.3) is 0 Å². The third-order valence-corrected chi connectivity index (χ3v) is 3.04. The normalized spacial score (nSPS) is 18.9. The number of aromatic nitrogens is 2. The van der Waals surface area contributed by atoms with E-state index in [1.807, 2.05) is 30.3 Å². The minimum absolute atomic E-state index is 0.0000386. The van der Waals surface area contributed by atoms with Crippen LogP contribution in [0.3, 0.4) is 0 Å². The number of morpholine rings is 1. The highest BCUT2D eigenvalue weighted by Gasteiger charge is 2.21. The lowest BCUT2D eigenvalue weighted by molar-refractivity contribution is 0.0659. The molecule has 6 nitrogen and oxygen atoms in total. The second-order valence-corrected chi connectivity index (χ2v) is 4.54. The number of hydrogen-bond acceptors (Lipinski definition) is 6. The number of hydrogen-bond donors (Lipinski definition) is 1. The molecule has 1 atom stereocenters. The van der Waals surface area contributed by atoms with Gasteiger partial charge in [-0.1, -0.05) is 23.4 Å². The number of nitrogens with zero attached hydrogens (tertiary/aromatic N) is 2. The molecule has 106 valence electrons. The maximum atomic E-state index is 5.60. The number of rotatable bonds is 5. The van der Waals surface area contributed by atoms with Gasteiger partial charge in [-0.15, -0.1) is 0 Å². The van der Waals surface area contributed by atoms with E-state index in [2.05, 4.69) is 15.5 Å². The monoisotopic (exact) mass is 275 g/mol. The van der Waals surface area contributed by atoms with Crippen molar-refractivity contribution >= 4 is 0 Å². The van der Waals surface area contributed by atoms with Crippen LogP contribution in [0.1, 0.15) is 17.8 Å². The molecule has 2 heterocycles. The summed E-state index contributed by atoms with van der Waals surface area (Å²) in [5.74, 6) is 2.08. The first kappa shape index (κ1) is 13.1. The van der Waals surface area contributed by atoms with Gasteiger partial charge < -0.3 is 19.3 Å². The van der Waals surface area contributed by atoms with Crippen molar-refractivity contribution in [1.29, 1.82) is 0 Å². The maximum absolute atomic E-state index is 5.60. The first-order valence-corrected chi connectivity index (χ1v) is 6.73. The van der Waals surface area contributed by atoms with E-state index in [1.54, 1.807) is 0 Å². The van der Waals surface area contributed by atoms with Gasteiger partial charge >= 0.3 is 0 Å². The average Bonchev–Trinajstić information content (AvgIpc) is 2.98. The quantitative estimate of drug-likeness (QED) is 0.888. The van der Waals surface area contributed by atoms with E-state index in [4.69, 9.17) is 14.0 Å². The third-order valence-electron chi connectivity index (χ3n) is 3.04. The molecule has 1 unspecified atom stereocenters. The zero-order chi connectivity index (χ0) is 13.6. The fourth-order valence-electron chi connectivity index (χ4n) is 2.01. The molecule has 2 aromatic rings. The molecule has 1 aromatic heterocycles. The van der Waals surface area contributed by atoms with Crippen molar-refractivity contribution in [2.24, 2.45) is 0 Å². The summed E-state index contributed by atoms with van der Waals surface area (Å²) in [6.45, 7) is 2.63. The minimum atomic E-state index is 0.0000386. The second-order valence-electron chi connectivity index (χ2n) is 4.54. The molecule has 3 rings (SSSR count). The van der Waals surface area contributed by atoms with Gasteiger partial charge in [0.2, 0.25) is 5.89 Å². The van der Waals surface area contributed by atoms with Crippen molar-refractivity contribution in [2.75, 3.05) is 26.4 Å². The van der Waals surface area contributed by atoms with Crippen LogP contribution in [-0.4, -0.2) is 36.5 Å². The van der Waals surface area contributed by atoms with E-state index in [9.17, 15) is 0 Å². The zero-order valence-corrected chi connectivity index (χ0v) is 11.1. The molecule has 20 heavy (non-hydrogen) atoms. The Hall–Kier alpha value is -1.92. The number of para-hydroxylation sites is 1. The Labute approximate surface area is 117 Å². The smallest absolute Gasteiger partial charge is 0.246 e. The van der Waals surface area contributed by atoms with Gasteiger partial charge in [0.1, 0.15) is 11.8 Å². The van der Waals surface area contributed by atoms with E-state index in [0.29, 0.717) is 31.3 Å². The third kappa shape index (κ3) is 3.34. The van der Waals surface area contributed by atoms with E-state index < -0.39 is 0 Å². The molecule has 1 N–H and O–H groups in total. The van der Waals surface area contributed by atoms with Crippen LogP contribution in [-0.2, 0) is 11.2 Å². The van der Waals surface area contributed by atoms with Gasteiger partial charge in [-0.25, -0.2) is 0 Å². The maximum Gasteiger partial charge on any atom is 0.246 e. The molecule has 0 saturated carbocycles. The predicted octanol–water partition coefficient (Wildman–Crippen LogP) is 1.35. The lowest BCUT2D eigenvalue weighted by Gasteiger charge is -2.20. The Morgan fingerprint density at radius 2 is 2.20 bits per heavy atom. The van der Waals surface area contributed by atoms with Gasteiger partial charge in [-0.2, -0.15) is 4.98 Å². The highest BCUT2D eigenvalue weighted by Crippen LogP contribution is 2.14. The molecule has 1 aliphatic rings. The number of ether oxygens (including phenoxy) is 2. The average molecular weight is 275 g/mol. The zero-order valence-electron chi connectivity index (χ0n) is 11.1. The van der Waals surface area contributed by atoms with E-state index >= 15 is 0 Å². The molecular weight excluding hydrogens is 258 g/mol. The molecule has 6 heteroatoms. The molecule has 1 aromatic carbocycles. The second kappa shape index (κ2) is 6.49. The van der Waals surface area contributed by atoms with Crippen LogP contribution >= 0.6 is 0 Å². The molecule has 1 aliphatic heterocycles. The fraction of sp³-hybridized carbons (Fsp3) is 0.429. The summed E-state index contributed by atoms with van der Waals surface area (Å²) in [5.41, 5.74) is 0.